The average molecular weight is 213 g/mol. The van der Waals surface area contributed by atoms with Crippen LogP contribution in [0.1, 0.15) is 0 Å². The van der Waals surface area contributed by atoms with Gasteiger partial charge in [0.15, 0.2) is 0 Å². The Morgan fingerprint density at radius 2 is 2.00 bits per heavy atom. The van der Waals surface area contributed by atoms with Crippen LogP contribution in [0.5, 0.6) is 11.5 Å². The molecule has 0 amide bonds. The zero-order chi connectivity index (χ0) is 10.6. The zero-order valence-corrected chi connectivity index (χ0v) is 9.54. The maximum atomic E-state index is 5.26. The van der Waals surface area contributed by atoms with Gasteiger partial charge in [-0.25, -0.2) is 0 Å². The SMILES string of the molecule is COc1ccc(N(C)CS)c(OC)c1. The third kappa shape index (κ3) is 2.26. The Bertz CT molecular complexity index is 304. The summed E-state index contributed by atoms with van der Waals surface area (Å²) >= 11 is 4.20. The number of rotatable bonds is 4. The predicted octanol–water partition coefficient (Wildman–Crippen LogP) is 2.03. The summed E-state index contributed by atoms with van der Waals surface area (Å²) in [5, 5.41) is 0. The number of hydrogen-bond donors (Lipinski definition) is 1. The van der Waals surface area contributed by atoms with Crippen LogP contribution in [-0.4, -0.2) is 27.1 Å². The van der Waals surface area contributed by atoms with Crippen LogP contribution < -0.4 is 14.4 Å². The van der Waals surface area contributed by atoms with Crippen molar-refractivity contribution < 1.29 is 9.47 Å². The normalized spacial score (nSPS) is 9.71. The molecule has 0 aromatic heterocycles. The molecule has 1 aromatic carbocycles. The summed E-state index contributed by atoms with van der Waals surface area (Å²) in [6, 6.07) is 5.71. The van der Waals surface area contributed by atoms with Crippen molar-refractivity contribution in [2.24, 2.45) is 0 Å². The third-order valence-electron chi connectivity index (χ3n) is 2.01. The Hall–Kier alpha value is -1.03. The molecule has 3 nitrogen and oxygen atoms in total. The van der Waals surface area contributed by atoms with E-state index < -0.39 is 0 Å². The summed E-state index contributed by atoms with van der Waals surface area (Å²) in [7, 11) is 5.23. The highest BCUT2D eigenvalue weighted by molar-refractivity contribution is 7.80. The van der Waals surface area contributed by atoms with Crippen LogP contribution in [0.2, 0.25) is 0 Å². The first-order chi connectivity index (χ1) is 6.72. The Balaban J connectivity index is 3.04. The van der Waals surface area contributed by atoms with Crippen molar-refractivity contribution in [2.75, 3.05) is 32.0 Å². The van der Waals surface area contributed by atoms with Crippen LogP contribution in [0, 0.1) is 0 Å². The molecule has 0 radical (unpaired) electrons. The Morgan fingerprint density at radius 1 is 1.29 bits per heavy atom. The molecule has 0 fully saturated rings. The summed E-state index contributed by atoms with van der Waals surface area (Å²) in [4.78, 5) is 1.99. The van der Waals surface area contributed by atoms with Crippen molar-refractivity contribution in [3.63, 3.8) is 0 Å². The molecule has 0 aliphatic rings. The number of nitrogens with zero attached hydrogens (tertiary/aromatic N) is 1. The van der Waals surface area contributed by atoms with E-state index in [1.807, 2.05) is 30.1 Å². The molecule has 1 aromatic rings. The molecule has 0 saturated heterocycles. The number of ether oxygens (including phenoxy) is 2. The number of hydrogen-bond acceptors (Lipinski definition) is 4. The highest BCUT2D eigenvalue weighted by atomic mass is 32.1. The van der Waals surface area contributed by atoms with Crippen molar-refractivity contribution in [3.05, 3.63) is 18.2 Å². The Kier molecular flexibility index (Phi) is 3.95. The molecule has 4 heteroatoms. The fourth-order valence-corrected chi connectivity index (χ4v) is 1.33. The molecular weight excluding hydrogens is 198 g/mol. The van der Waals surface area contributed by atoms with Crippen molar-refractivity contribution in [3.8, 4) is 11.5 Å². The van der Waals surface area contributed by atoms with E-state index in [0.717, 1.165) is 17.2 Å². The summed E-state index contributed by atoms with van der Waals surface area (Å²) < 4.78 is 10.4. The molecule has 1 rings (SSSR count). The van der Waals surface area contributed by atoms with Crippen LogP contribution in [0.3, 0.4) is 0 Å². The van der Waals surface area contributed by atoms with Gasteiger partial charge in [0.05, 0.1) is 25.8 Å². The van der Waals surface area contributed by atoms with Crippen LogP contribution in [0.15, 0.2) is 18.2 Å². The van der Waals surface area contributed by atoms with Gasteiger partial charge < -0.3 is 14.4 Å². The van der Waals surface area contributed by atoms with E-state index in [4.69, 9.17) is 9.47 Å². The fourth-order valence-electron chi connectivity index (χ4n) is 1.18. The minimum Gasteiger partial charge on any atom is -0.497 e. The molecule has 0 saturated carbocycles. The summed E-state index contributed by atoms with van der Waals surface area (Å²) in [5.74, 6) is 2.22. The first-order valence-corrected chi connectivity index (χ1v) is 4.90. The molecule has 78 valence electrons. The molecule has 14 heavy (non-hydrogen) atoms. The van der Waals surface area contributed by atoms with Gasteiger partial charge in [-0.2, -0.15) is 12.6 Å². The minimum absolute atomic E-state index is 0.642. The van der Waals surface area contributed by atoms with Gasteiger partial charge in [0.2, 0.25) is 0 Å². The lowest BCUT2D eigenvalue weighted by Crippen LogP contribution is -2.15. The second kappa shape index (κ2) is 5.00. The van der Waals surface area contributed by atoms with E-state index in [0.29, 0.717) is 5.88 Å². The van der Waals surface area contributed by atoms with Crippen molar-refractivity contribution in [1.82, 2.24) is 0 Å². The first-order valence-electron chi connectivity index (χ1n) is 4.27. The fraction of sp³-hybridized carbons (Fsp3) is 0.400. The maximum Gasteiger partial charge on any atom is 0.145 e. The van der Waals surface area contributed by atoms with Gasteiger partial charge in [0.25, 0.3) is 0 Å². The smallest absolute Gasteiger partial charge is 0.145 e. The van der Waals surface area contributed by atoms with Crippen LogP contribution in [0.25, 0.3) is 0 Å². The van der Waals surface area contributed by atoms with E-state index in [2.05, 4.69) is 12.6 Å². The molecule has 0 aliphatic heterocycles. The van der Waals surface area contributed by atoms with Crippen molar-refractivity contribution in [1.29, 1.82) is 0 Å². The topological polar surface area (TPSA) is 21.7 Å². The second-order valence-electron chi connectivity index (χ2n) is 2.88. The number of anilines is 1. The molecule has 0 unspecified atom stereocenters. The standard InChI is InChI=1S/C10H15NO2S/c1-11(7-14)9-5-4-8(12-2)6-10(9)13-3/h4-6,14H,7H2,1-3H3. The predicted molar refractivity (Wildman–Crippen MR) is 61.8 cm³/mol. The van der Waals surface area contributed by atoms with E-state index in [1.54, 1.807) is 14.2 Å². The second-order valence-corrected chi connectivity index (χ2v) is 3.16. The quantitative estimate of drug-likeness (QED) is 0.611. The highest BCUT2D eigenvalue weighted by Crippen LogP contribution is 2.31. The van der Waals surface area contributed by atoms with Gasteiger partial charge in [-0.1, -0.05) is 0 Å². The van der Waals surface area contributed by atoms with Gasteiger partial charge in [0, 0.05) is 13.1 Å². The van der Waals surface area contributed by atoms with Gasteiger partial charge in [-0.05, 0) is 12.1 Å². The lowest BCUT2D eigenvalue weighted by molar-refractivity contribution is 0.394. The monoisotopic (exact) mass is 213 g/mol. The number of benzene rings is 1. The minimum atomic E-state index is 0.642. The molecular formula is C10H15NO2S. The third-order valence-corrected chi connectivity index (χ3v) is 2.43. The lowest BCUT2D eigenvalue weighted by Gasteiger charge is -2.19. The first kappa shape index (κ1) is 11.0. The van der Waals surface area contributed by atoms with Crippen LogP contribution >= 0.6 is 12.6 Å². The van der Waals surface area contributed by atoms with E-state index in [-0.39, 0.29) is 0 Å². The summed E-state index contributed by atoms with van der Waals surface area (Å²) in [6.45, 7) is 0. The number of methoxy groups -OCH3 is 2. The van der Waals surface area contributed by atoms with Crippen LogP contribution in [0.4, 0.5) is 5.69 Å². The summed E-state index contributed by atoms with van der Waals surface area (Å²) in [5.41, 5.74) is 1.00. The Morgan fingerprint density at radius 3 is 2.50 bits per heavy atom. The van der Waals surface area contributed by atoms with Gasteiger partial charge >= 0.3 is 0 Å². The van der Waals surface area contributed by atoms with E-state index >= 15 is 0 Å². The molecule has 0 bridgehead atoms. The molecule has 0 aliphatic carbocycles. The lowest BCUT2D eigenvalue weighted by atomic mass is 10.2. The summed E-state index contributed by atoms with van der Waals surface area (Å²) in [6.07, 6.45) is 0. The highest BCUT2D eigenvalue weighted by Gasteiger charge is 2.07. The van der Waals surface area contributed by atoms with Crippen molar-refractivity contribution >= 4 is 18.3 Å². The zero-order valence-electron chi connectivity index (χ0n) is 8.65. The van der Waals surface area contributed by atoms with Gasteiger partial charge in [-0.3, -0.25) is 0 Å². The van der Waals surface area contributed by atoms with Gasteiger partial charge in [0.1, 0.15) is 11.5 Å². The number of thiol groups is 1. The average Bonchev–Trinajstić information content (AvgIpc) is 2.27. The molecule has 0 heterocycles. The largest absolute Gasteiger partial charge is 0.497 e. The Labute approximate surface area is 90.0 Å². The maximum absolute atomic E-state index is 5.26. The van der Waals surface area contributed by atoms with E-state index in [9.17, 15) is 0 Å². The molecule has 0 atom stereocenters. The van der Waals surface area contributed by atoms with Crippen LogP contribution in [-0.2, 0) is 0 Å². The molecule has 0 N–H and O–H groups in total. The van der Waals surface area contributed by atoms with Gasteiger partial charge in [-0.15, -0.1) is 0 Å². The van der Waals surface area contributed by atoms with E-state index in [1.165, 1.54) is 0 Å². The van der Waals surface area contributed by atoms with Crippen molar-refractivity contribution in [2.45, 2.75) is 0 Å². The molecule has 0 spiro atoms.